The first-order valence-electron chi connectivity index (χ1n) is 7.55. The summed E-state index contributed by atoms with van der Waals surface area (Å²) in [4.78, 5) is 12.4. The molecule has 0 bridgehead atoms. The molecule has 0 unspecified atom stereocenters. The van der Waals surface area contributed by atoms with Crippen LogP contribution in [0.3, 0.4) is 0 Å². The maximum absolute atomic E-state index is 12.4. The lowest BCUT2D eigenvalue weighted by Crippen LogP contribution is -2.29. The Morgan fingerprint density at radius 3 is 2.14 bits per heavy atom. The lowest BCUT2D eigenvalue weighted by Gasteiger charge is -2.19. The van der Waals surface area contributed by atoms with E-state index in [1.807, 2.05) is 32.0 Å². The molecule has 1 aromatic rings. The van der Waals surface area contributed by atoms with Gasteiger partial charge in [-0.3, -0.25) is 0 Å². The lowest BCUT2D eigenvalue weighted by atomic mass is 9.97. The van der Waals surface area contributed by atoms with E-state index in [4.69, 9.17) is 14.2 Å². The minimum Gasteiger partial charge on any atom is -0.454 e. The van der Waals surface area contributed by atoms with Gasteiger partial charge in [0.05, 0.1) is 18.8 Å². The molecule has 1 rings (SSSR count). The van der Waals surface area contributed by atoms with Crippen LogP contribution in [-0.2, 0) is 14.2 Å². The Bertz CT molecular complexity index is 421. The van der Waals surface area contributed by atoms with E-state index in [1.54, 1.807) is 6.07 Å². The molecule has 118 valence electrons. The Kier molecular flexibility index (Phi) is 8.01. The molecule has 0 aromatic heterocycles. The summed E-state index contributed by atoms with van der Waals surface area (Å²) in [6.45, 7) is 9.82. The third kappa shape index (κ3) is 5.86. The average molecular weight is 294 g/mol. The third-order valence-electron chi connectivity index (χ3n) is 3.09. The smallest absolute Gasteiger partial charge is 0.338 e. The van der Waals surface area contributed by atoms with Crippen LogP contribution in [-0.4, -0.2) is 38.5 Å². The van der Waals surface area contributed by atoms with Crippen molar-refractivity contribution in [2.45, 2.75) is 39.7 Å². The zero-order valence-electron chi connectivity index (χ0n) is 13.4. The minimum absolute atomic E-state index is 0.269. The Morgan fingerprint density at radius 2 is 1.62 bits per heavy atom. The first-order chi connectivity index (χ1) is 10.1. The predicted molar refractivity (Wildman–Crippen MR) is 82.7 cm³/mol. The molecule has 0 atom stereocenters. The summed E-state index contributed by atoms with van der Waals surface area (Å²) in [5, 5.41) is 0. The molecule has 21 heavy (non-hydrogen) atoms. The van der Waals surface area contributed by atoms with E-state index in [-0.39, 0.29) is 18.0 Å². The van der Waals surface area contributed by atoms with E-state index >= 15 is 0 Å². The second-order valence-corrected chi connectivity index (χ2v) is 5.09. The molecule has 4 heteroatoms. The van der Waals surface area contributed by atoms with E-state index in [0.29, 0.717) is 32.0 Å². The van der Waals surface area contributed by atoms with Crippen LogP contribution >= 0.6 is 0 Å². The zero-order valence-corrected chi connectivity index (χ0v) is 13.4. The zero-order chi connectivity index (χ0) is 15.7. The molecule has 0 radical (unpaired) electrons. The van der Waals surface area contributed by atoms with Gasteiger partial charge in [0.25, 0.3) is 0 Å². The molecule has 0 heterocycles. The second-order valence-electron chi connectivity index (χ2n) is 5.09. The maximum atomic E-state index is 12.4. The molecule has 0 amide bonds. The highest BCUT2D eigenvalue weighted by Crippen LogP contribution is 2.20. The normalized spacial score (nSPS) is 11.1. The van der Waals surface area contributed by atoms with Crippen LogP contribution in [0.4, 0.5) is 0 Å². The first kappa shape index (κ1) is 17.7. The van der Waals surface area contributed by atoms with E-state index in [9.17, 15) is 4.79 Å². The van der Waals surface area contributed by atoms with Gasteiger partial charge in [-0.2, -0.15) is 0 Å². The van der Waals surface area contributed by atoms with Crippen LogP contribution in [0.2, 0.25) is 0 Å². The number of carbonyl (C=O) groups is 1. The number of carbonyl (C=O) groups excluding carboxylic acids is 1. The van der Waals surface area contributed by atoms with Gasteiger partial charge in [0.1, 0.15) is 6.10 Å². The lowest BCUT2D eigenvalue weighted by molar-refractivity contribution is -0.0364. The fraction of sp³-hybridized carbons (Fsp3) is 0.588. The van der Waals surface area contributed by atoms with Gasteiger partial charge in [0.2, 0.25) is 0 Å². The molecule has 0 saturated heterocycles. The van der Waals surface area contributed by atoms with Crippen molar-refractivity contribution in [1.29, 1.82) is 0 Å². The molecule has 0 fully saturated rings. The Hall–Kier alpha value is -1.39. The van der Waals surface area contributed by atoms with Crippen LogP contribution in [0.25, 0.3) is 0 Å². The SMILES string of the molecule is CCOCC(COCC)OC(=O)c1ccccc1C(C)C. The number of rotatable bonds is 9. The molecule has 0 aliphatic heterocycles. The molecular weight excluding hydrogens is 268 g/mol. The summed E-state index contributed by atoms with van der Waals surface area (Å²) < 4.78 is 16.2. The Balaban J connectivity index is 2.76. The molecule has 1 aromatic carbocycles. The first-order valence-corrected chi connectivity index (χ1v) is 7.55. The predicted octanol–water partition coefficient (Wildman–Crippen LogP) is 3.41. The molecule has 0 saturated carbocycles. The highest BCUT2D eigenvalue weighted by Gasteiger charge is 2.19. The van der Waals surface area contributed by atoms with Crippen molar-refractivity contribution in [2.75, 3.05) is 26.4 Å². The highest BCUT2D eigenvalue weighted by atomic mass is 16.6. The number of hydrogen-bond donors (Lipinski definition) is 0. The Morgan fingerprint density at radius 1 is 1.05 bits per heavy atom. The summed E-state index contributed by atoms with van der Waals surface area (Å²) in [6.07, 6.45) is -0.377. The van der Waals surface area contributed by atoms with Gasteiger partial charge in [-0.15, -0.1) is 0 Å². The number of hydrogen-bond acceptors (Lipinski definition) is 4. The Labute approximate surface area is 127 Å². The van der Waals surface area contributed by atoms with Crippen LogP contribution in [0.15, 0.2) is 24.3 Å². The van der Waals surface area contributed by atoms with E-state index in [1.165, 1.54) is 0 Å². The van der Waals surface area contributed by atoms with Crippen LogP contribution in [0, 0.1) is 0 Å². The second kappa shape index (κ2) is 9.53. The van der Waals surface area contributed by atoms with Gasteiger partial charge in [0, 0.05) is 13.2 Å². The van der Waals surface area contributed by atoms with Gasteiger partial charge in [0.15, 0.2) is 0 Å². The number of benzene rings is 1. The molecule has 0 aliphatic carbocycles. The summed E-state index contributed by atoms with van der Waals surface area (Å²) in [5.74, 6) is -0.0466. The topological polar surface area (TPSA) is 44.8 Å². The van der Waals surface area contributed by atoms with Crippen molar-refractivity contribution in [3.8, 4) is 0 Å². The van der Waals surface area contributed by atoms with Gasteiger partial charge in [-0.1, -0.05) is 32.0 Å². The van der Waals surface area contributed by atoms with Gasteiger partial charge >= 0.3 is 5.97 Å². The van der Waals surface area contributed by atoms with Crippen LogP contribution < -0.4 is 0 Å². The number of esters is 1. The van der Waals surface area contributed by atoms with Crippen molar-refractivity contribution in [1.82, 2.24) is 0 Å². The summed E-state index contributed by atoms with van der Waals surface area (Å²) >= 11 is 0. The summed E-state index contributed by atoms with van der Waals surface area (Å²) in [6, 6.07) is 7.55. The van der Waals surface area contributed by atoms with Crippen LogP contribution in [0.5, 0.6) is 0 Å². The van der Waals surface area contributed by atoms with Crippen molar-refractivity contribution < 1.29 is 19.0 Å². The van der Waals surface area contributed by atoms with Gasteiger partial charge < -0.3 is 14.2 Å². The third-order valence-corrected chi connectivity index (χ3v) is 3.09. The molecular formula is C17H26O4. The molecule has 0 N–H and O–H groups in total. The van der Waals surface area contributed by atoms with E-state index in [0.717, 1.165) is 5.56 Å². The quantitative estimate of drug-likeness (QED) is 0.655. The van der Waals surface area contributed by atoms with Crippen molar-refractivity contribution in [2.24, 2.45) is 0 Å². The van der Waals surface area contributed by atoms with Crippen molar-refractivity contribution in [3.63, 3.8) is 0 Å². The molecule has 0 spiro atoms. The largest absolute Gasteiger partial charge is 0.454 e. The van der Waals surface area contributed by atoms with Crippen LogP contribution in [0.1, 0.15) is 49.5 Å². The van der Waals surface area contributed by atoms with Gasteiger partial charge in [-0.05, 0) is 31.4 Å². The highest BCUT2D eigenvalue weighted by molar-refractivity contribution is 5.91. The maximum Gasteiger partial charge on any atom is 0.338 e. The standard InChI is InChI=1S/C17H26O4/c1-5-19-11-14(12-20-6-2)21-17(18)16-10-8-7-9-15(16)13(3)4/h7-10,13-14H,5-6,11-12H2,1-4H3. The fourth-order valence-corrected chi connectivity index (χ4v) is 2.02. The van der Waals surface area contributed by atoms with E-state index < -0.39 is 0 Å². The molecule has 0 aliphatic rings. The minimum atomic E-state index is -0.377. The van der Waals surface area contributed by atoms with Crippen molar-refractivity contribution in [3.05, 3.63) is 35.4 Å². The van der Waals surface area contributed by atoms with E-state index in [2.05, 4.69) is 13.8 Å². The average Bonchev–Trinajstić information content (AvgIpc) is 2.49. The molecule has 4 nitrogen and oxygen atoms in total. The van der Waals surface area contributed by atoms with Crippen molar-refractivity contribution >= 4 is 5.97 Å². The monoisotopic (exact) mass is 294 g/mol. The van der Waals surface area contributed by atoms with Gasteiger partial charge in [-0.25, -0.2) is 4.79 Å². The fourth-order valence-electron chi connectivity index (χ4n) is 2.02. The summed E-state index contributed by atoms with van der Waals surface area (Å²) in [5.41, 5.74) is 1.61. The number of ether oxygens (including phenoxy) is 3. The summed E-state index contributed by atoms with van der Waals surface area (Å²) in [7, 11) is 0.